The van der Waals surface area contributed by atoms with Crippen molar-refractivity contribution in [1.29, 1.82) is 0 Å². The van der Waals surface area contributed by atoms with Gasteiger partial charge in [0.15, 0.2) is 0 Å². The zero-order valence-corrected chi connectivity index (χ0v) is 14.9. The Kier molecular flexibility index (Phi) is 4.24. The van der Waals surface area contributed by atoms with Crippen LogP contribution in [0.25, 0.3) is 0 Å². The second-order valence-corrected chi connectivity index (χ2v) is 7.01. The van der Waals surface area contributed by atoms with Gasteiger partial charge in [0.05, 0.1) is 5.69 Å². The van der Waals surface area contributed by atoms with Crippen LogP contribution >= 0.6 is 0 Å². The molecular weight excluding hydrogens is 320 g/mol. The maximum absolute atomic E-state index is 12.5. The lowest BCUT2D eigenvalue weighted by Gasteiger charge is -2.25. The van der Waals surface area contributed by atoms with Gasteiger partial charge in [-0.1, -0.05) is 6.07 Å². The summed E-state index contributed by atoms with van der Waals surface area (Å²) in [5.74, 6) is 0. The molecule has 0 radical (unpaired) electrons. The number of anilines is 2. The van der Waals surface area contributed by atoms with Gasteiger partial charge in [-0.3, -0.25) is 14.4 Å². The second-order valence-electron chi connectivity index (χ2n) is 7.01. The zero-order valence-electron chi connectivity index (χ0n) is 14.9. The monoisotopic (exact) mass is 342 g/mol. The fourth-order valence-electron chi connectivity index (χ4n) is 2.74. The SMILES string of the molecule is CN(C(=O)n1ccnc1)c1ccc2c(c1)N(C(=O)OC(C)(C)C)CC2. The van der Waals surface area contributed by atoms with E-state index < -0.39 is 5.60 Å². The normalized spacial score (nSPS) is 13.5. The number of fused-ring (bicyclic) bond motifs is 1. The van der Waals surface area contributed by atoms with E-state index in [4.69, 9.17) is 4.74 Å². The summed E-state index contributed by atoms with van der Waals surface area (Å²) >= 11 is 0. The first-order valence-corrected chi connectivity index (χ1v) is 8.16. The van der Waals surface area contributed by atoms with E-state index >= 15 is 0 Å². The summed E-state index contributed by atoms with van der Waals surface area (Å²) in [4.78, 5) is 31.9. The smallest absolute Gasteiger partial charge is 0.414 e. The van der Waals surface area contributed by atoms with Gasteiger partial charge in [0.1, 0.15) is 11.9 Å². The fourth-order valence-corrected chi connectivity index (χ4v) is 2.74. The Labute approximate surface area is 146 Å². The molecule has 1 aromatic heterocycles. The van der Waals surface area contributed by atoms with Crippen LogP contribution < -0.4 is 9.80 Å². The van der Waals surface area contributed by atoms with Gasteiger partial charge >= 0.3 is 12.1 Å². The summed E-state index contributed by atoms with van der Waals surface area (Å²) in [7, 11) is 1.69. The molecule has 132 valence electrons. The minimum absolute atomic E-state index is 0.223. The molecule has 0 spiro atoms. The number of rotatable bonds is 1. The van der Waals surface area contributed by atoms with E-state index in [2.05, 4.69) is 4.98 Å². The molecule has 0 unspecified atom stereocenters. The number of carbonyl (C=O) groups excluding carboxylic acids is 2. The highest BCUT2D eigenvalue weighted by atomic mass is 16.6. The minimum atomic E-state index is -0.550. The van der Waals surface area contributed by atoms with Crippen molar-refractivity contribution in [3.05, 3.63) is 42.5 Å². The van der Waals surface area contributed by atoms with E-state index in [1.807, 2.05) is 39.0 Å². The van der Waals surface area contributed by atoms with Crippen molar-refractivity contribution in [3.63, 3.8) is 0 Å². The van der Waals surface area contributed by atoms with Crippen molar-refractivity contribution in [2.75, 3.05) is 23.4 Å². The van der Waals surface area contributed by atoms with E-state index in [9.17, 15) is 9.59 Å². The third-order valence-electron chi connectivity index (χ3n) is 3.98. The molecule has 0 atom stereocenters. The van der Waals surface area contributed by atoms with Gasteiger partial charge in [-0.15, -0.1) is 0 Å². The molecule has 7 nitrogen and oxygen atoms in total. The number of benzene rings is 1. The quantitative estimate of drug-likeness (QED) is 0.797. The van der Waals surface area contributed by atoms with Crippen LogP contribution in [0.4, 0.5) is 21.0 Å². The predicted molar refractivity (Wildman–Crippen MR) is 95.2 cm³/mol. The van der Waals surface area contributed by atoms with Crippen molar-refractivity contribution < 1.29 is 14.3 Å². The molecule has 0 fully saturated rings. The van der Waals surface area contributed by atoms with Crippen molar-refractivity contribution in [2.24, 2.45) is 0 Å². The highest BCUT2D eigenvalue weighted by Crippen LogP contribution is 2.33. The van der Waals surface area contributed by atoms with Gasteiger partial charge in [0.25, 0.3) is 0 Å². The number of imidazole rings is 1. The molecule has 1 aliphatic heterocycles. The van der Waals surface area contributed by atoms with Crippen molar-refractivity contribution >= 4 is 23.5 Å². The van der Waals surface area contributed by atoms with Gasteiger partial charge < -0.3 is 4.74 Å². The van der Waals surface area contributed by atoms with Crippen molar-refractivity contribution in [3.8, 4) is 0 Å². The fraction of sp³-hybridized carbons (Fsp3) is 0.389. The minimum Gasteiger partial charge on any atom is -0.443 e. The molecular formula is C18H22N4O3. The average molecular weight is 342 g/mol. The van der Waals surface area contributed by atoms with Crippen LogP contribution in [0.5, 0.6) is 0 Å². The van der Waals surface area contributed by atoms with Crippen LogP contribution in [-0.2, 0) is 11.2 Å². The van der Waals surface area contributed by atoms with Gasteiger partial charge in [-0.05, 0) is 44.9 Å². The van der Waals surface area contributed by atoms with E-state index in [0.717, 1.165) is 17.7 Å². The Hall–Kier alpha value is -2.83. The summed E-state index contributed by atoms with van der Waals surface area (Å²) in [6.45, 7) is 6.11. The first-order valence-electron chi connectivity index (χ1n) is 8.16. The number of nitrogens with zero attached hydrogens (tertiary/aromatic N) is 4. The molecule has 0 saturated heterocycles. The van der Waals surface area contributed by atoms with Crippen molar-refractivity contribution in [2.45, 2.75) is 32.8 Å². The van der Waals surface area contributed by atoms with E-state index in [-0.39, 0.29) is 12.1 Å². The molecule has 2 aromatic rings. The van der Waals surface area contributed by atoms with E-state index in [0.29, 0.717) is 12.2 Å². The Bertz CT molecular complexity index is 793. The molecule has 25 heavy (non-hydrogen) atoms. The van der Waals surface area contributed by atoms with Crippen LogP contribution in [0.2, 0.25) is 0 Å². The lowest BCUT2D eigenvalue weighted by atomic mass is 10.1. The average Bonchev–Trinajstić information content (AvgIpc) is 3.20. The number of carbonyl (C=O) groups is 2. The van der Waals surface area contributed by atoms with Crippen LogP contribution in [0.1, 0.15) is 26.3 Å². The number of amides is 2. The second kappa shape index (κ2) is 6.23. The third kappa shape index (κ3) is 3.50. The lowest BCUT2D eigenvalue weighted by Crippen LogP contribution is -2.36. The topological polar surface area (TPSA) is 67.7 Å². The molecule has 2 amide bonds. The lowest BCUT2D eigenvalue weighted by molar-refractivity contribution is 0.0584. The molecule has 0 aliphatic carbocycles. The molecule has 7 heteroatoms. The van der Waals surface area contributed by atoms with E-state index in [1.54, 1.807) is 24.3 Å². The van der Waals surface area contributed by atoms with Crippen LogP contribution in [0, 0.1) is 0 Å². The summed E-state index contributed by atoms with van der Waals surface area (Å²) in [6, 6.07) is 5.46. The largest absolute Gasteiger partial charge is 0.443 e. The Morgan fingerprint density at radius 3 is 2.68 bits per heavy atom. The predicted octanol–water partition coefficient (Wildman–Crippen LogP) is 3.29. The highest BCUT2D eigenvalue weighted by Gasteiger charge is 2.29. The molecule has 3 rings (SSSR count). The number of hydrogen-bond donors (Lipinski definition) is 0. The highest BCUT2D eigenvalue weighted by molar-refractivity contribution is 5.96. The number of hydrogen-bond acceptors (Lipinski definition) is 4. The Balaban J connectivity index is 1.85. The summed E-state index contributed by atoms with van der Waals surface area (Å²) in [6.07, 6.45) is 5.01. The molecule has 0 saturated carbocycles. The van der Waals surface area contributed by atoms with Crippen LogP contribution in [0.15, 0.2) is 36.9 Å². The first-order chi connectivity index (χ1) is 11.8. The Morgan fingerprint density at radius 1 is 1.28 bits per heavy atom. The van der Waals surface area contributed by atoms with Crippen molar-refractivity contribution in [1.82, 2.24) is 9.55 Å². The molecule has 2 heterocycles. The summed E-state index contributed by atoms with van der Waals surface area (Å²) in [5, 5.41) is 0. The van der Waals surface area contributed by atoms with Gasteiger partial charge in [-0.25, -0.2) is 14.6 Å². The van der Waals surface area contributed by atoms with Gasteiger partial charge in [0.2, 0.25) is 0 Å². The standard InChI is InChI=1S/C18H22N4O3/c1-18(2,3)25-17(24)22-9-7-13-5-6-14(11-15(13)22)20(4)16(23)21-10-8-19-12-21/h5-6,8,10-12H,7,9H2,1-4H3. The Morgan fingerprint density at radius 2 is 2.04 bits per heavy atom. The summed E-state index contributed by atoms with van der Waals surface area (Å²) in [5.41, 5.74) is 2.01. The maximum atomic E-state index is 12.5. The number of ether oxygens (including phenoxy) is 1. The molecule has 1 aliphatic rings. The third-order valence-corrected chi connectivity index (χ3v) is 3.98. The van der Waals surface area contributed by atoms with Crippen LogP contribution in [-0.4, -0.2) is 40.9 Å². The van der Waals surface area contributed by atoms with Gasteiger partial charge in [-0.2, -0.15) is 0 Å². The number of aromatic nitrogens is 2. The summed E-state index contributed by atoms with van der Waals surface area (Å²) < 4.78 is 6.88. The molecule has 0 N–H and O–H groups in total. The maximum Gasteiger partial charge on any atom is 0.414 e. The van der Waals surface area contributed by atoms with Crippen LogP contribution in [0.3, 0.4) is 0 Å². The zero-order chi connectivity index (χ0) is 18.2. The molecule has 1 aromatic carbocycles. The molecule has 0 bridgehead atoms. The first kappa shape index (κ1) is 17.0. The van der Waals surface area contributed by atoms with E-state index in [1.165, 1.54) is 15.8 Å². The van der Waals surface area contributed by atoms with Gasteiger partial charge in [0, 0.05) is 31.7 Å².